The molecule has 3 heterocycles. The van der Waals surface area contributed by atoms with Crippen LogP contribution in [0.4, 0.5) is 8.78 Å². The molecule has 3 aromatic rings. The highest BCUT2D eigenvalue weighted by Gasteiger charge is 2.46. The summed E-state index contributed by atoms with van der Waals surface area (Å²) >= 11 is 7.43. The van der Waals surface area contributed by atoms with Crippen molar-refractivity contribution < 1.29 is 13.6 Å². The Hall–Kier alpha value is -2.10. The van der Waals surface area contributed by atoms with Crippen molar-refractivity contribution in [3.05, 3.63) is 39.4 Å². The standard InChI is InChI=1S/C18H18ClF2N5OS/c1-9-13(10-8-23-26-7-3-4-11(19)14(10)26)24-17(28-9)16(27)25-15-12(22)5-2-6-18(15,20)21/h3-4,7-8,12,15H,2,5-6,22H2,1H3,(H,25,27)/t12-,15-/m1/s1. The Morgan fingerprint density at radius 2 is 2.29 bits per heavy atom. The topological polar surface area (TPSA) is 85.3 Å². The number of carbonyl (C=O) groups is 1. The lowest BCUT2D eigenvalue weighted by Gasteiger charge is -2.36. The summed E-state index contributed by atoms with van der Waals surface area (Å²) in [4.78, 5) is 17.8. The second-order valence-electron chi connectivity index (χ2n) is 6.90. The van der Waals surface area contributed by atoms with Gasteiger partial charge in [0.1, 0.15) is 6.04 Å². The molecule has 1 fully saturated rings. The number of nitrogens with zero attached hydrogens (tertiary/aromatic N) is 3. The maximum absolute atomic E-state index is 14.2. The van der Waals surface area contributed by atoms with E-state index in [0.29, 0.717) is 34.6 Å². The third-order valence-electron chi connectivity index (χ3n) is 4.95. The van der Waals surface area contributed by atoms with Crippen LogP contribution >= 0.6 is 22.9 Å². The maximum Gasteiger partial charge on any atom is 0.280 e. The third kappa shape index (κ3) is 3.27. The fraction of sp³-hybridized carbons (Fsp3) is 0.389. The van der Waals surface area contributed by atoms with E-state index in [1.165, 1.54) is 0 Å². The quantitative estimate of drug-likeness (QED) is 0.670. The summed E-state index contributed by atoms with van der Waals surface area (Å²) in [5, 5.41) is 7.26. The van der Waals surface area contributed by atoms with Crippen LogP contribution in [-0.4, -0.2) is 38.5 Å². The number of fused-ring (bicyclic) bond motifs is 1. The first kappa shape index (κ1) is 19.2. The van der Waals surface area contributed by atoms with Gasteiger partial charge in [-0.15, -0.1) is 11.3 Å². The van der Waals surface area contributed by atoms with Crippen molar-refractivity contribution in [2.75, 3.05) is 0 Å². The molecule has 28 heavy (non-hydrogen) atoms. The predicted molar refractivity (Wildman–Crippen MR) is 104 cm³/mol. The zero-order valence-electron chi connectivity index (χ0n) is 15.0. The number of nitrogens with one attached hydrogen (secondary N) is 1. The number of amides is 1. The van der Waals surface area contributed by atoms with E-state index in [1.807, 2.05) is 6.92 Å². The minimum Gasteiger partial charge on any atom is -0.340 e. The van der Waals surface area contributed by atoms with Crippen molar-refractivity contribution in [1.82, 2.24) is 19.9 Å². The van der Waals surface area contributed by atoms with Crippen molar-refractivity contribution in [3.63, 3.8) is 0 Å². The lowest BCUT2D eigenvalue weighted by Crippen LogP contribution is -2.59. The molecule has 0 bridgehead atoms. The van der Waals surface area contributed by atoms with Gasteiger partial charge in [-0.25, -0.2) is 18.3 Å². The summed E-state index contributed by atoms with van der Waals surface area (Å²) in [5.74, 6) is -3.68. The average molecular weight is 426 g/mol. The van der Waals surface area contributed by atoms with Crippen molar-refractivity contribution in [2.45, 2.75) is 44.2 Å². The molecule has 4 rings (SSSR count). The Labute approximate surface area is 168 Å². The Morgan fingerprint density at radius 1 is 1.50 bits per heavy atom. The van der Waals surface area contributed by atoms with Gasteiger partial charge < -0.3 is 11.1 Å². The minimum atomic E-state index is -3.03. The molecule has 3 N–H and O–H groups in total. The summed E-state index contributed by atoms with van der Waals surface area (Å²) in [6.45, 7) is 1.81. The first-order chi connectivity index (χ1) is 13.3. The summed E-state index contributed by atoms with van der Waals surface area (Å²) in [5.41, 5.74) is 7.74. The molecule has 0 spiro atoms. The number of thiazole rings is 1. The van der Waals surface area contributed by atoms with Crippen LogP contribution in [0.25, 0.3) is 16.8 Å². The summed E-state index contributed by atoms with van der Waals surface area (Å²) in [6, 6.07) is 1.33. The summed E-state index contributed by atoms with van der Waals surface area (Å²) in [6.07, 6.45) is 3.89. The fourth-order valence-corrected chi connectivity index (χ4v) is 4.63. The number of aryl methyl sites for hydroxylation is 1. The van der Waals surface area contributed by atoms with E-state index >= 15 is 0 Å². The largest absolute Gasteiger partial charge is 0.340 e. The monoisotopic (exact) mass is 425 g/mol. The first-order valence-corrected chi connectivity index (χ1v) is 10.0. The molecule has 1 aliphatic rings. The number of rotatable bonds is 3. The molecule has 0 saturated heterocycles. The number of nitrogens with two attached hydrogens (primary N) is 1. The number of pyridine rings is 1. The Kier molecular flexibility index (Phi) is 4.84. The Bertz CT molecular complexity index is 1050. The van der Waals surface area contributed by atoms with Crippen LogP contribution in [0.3, 0.4) is 0 Å². The number of halogens is 3. The molecule has 3 aromatic heterocycles. The van der Waals surface area contributed by atoms with Gasteiger partial charge in [0.15, 0.2) is 5.01 Å². The van der Waals surface area contributed by atoms with Crippen LogP contribution < -0.4 is 11.1 Å². The van der Waals surface area contributed by atoms with Crippen molar-refractivity contribution >= 4 is 34.4 Å². The number of aromatic nitrogens is 3. The predicted octanol–water partition coefficient (Wildman–Crippen LogP) is 3.66. The van der Waals surface area contributed by atoms with Crippen LogP contribution in [0.15, 0.2) is 24.5 Å². The smallest absolute Gasteiger partial charge is 0.280 e. The van der Waals surface area contributed by atoms with Crippen LogP contribution in [0.2, 0.25) is 5.02 Å². The number of hydrogen-bond donors (Lipinski definition) is 2. The molecule has 1 amide bonds. The molecular formula is C18H18ClF2N5OS. The molecule has 1 saturated carbocycles. The van der Waals surface area contributed by atoms with E-state index in [4.69, 9.17) is 17.3 Å². The van der Waals surface area contributed by atoms with Crippen molar-refractivity contribution in [2.24, 2.45) is 5.73 Å². The summed E-state index contributed by atoms with van der Waals surface area (Å²) < 4.78 is 30.0. The van der Waals surface area contributed by atoms with Crippen LogP contribution in [-0.2, 0) is 0 Å². The van der Waals surface area contributed by atoms with Gasteiger partial charge in [-0.1, -0.05) is 11.6 Å². The number of carbonyl (C=O) groups excluding carboxylic acids is 1. The molecule has 148 valence electrons. The van der Waals surface area contributed by atoms with E-state index in [-0.39, 0.29) is 11.4 Å². The normalized spacial score (nSPS) is 21.8. The molecule has 10 heteroatoms. The van der Waals surface area contributed by atoms with Crippen LogP contribution in [0.1, 0.15) is 33.9 Å². The van der Waals surface area contributed by atoms with E-state index in [9.17, 15) is 13.6 Å². The number of alkyl halides is 2. The molecule has 0 radical (unpaired) electrons. The lowest BCUT2D eigenvalue weighted by atomic mass is 9.87. The molecule has 2 atom stereocenters. The maximum atomic E-state index is 14.2. The first-order valence-electron chi connectivity index (χ1n) is 8.82. The van der Waals surface area contributed by atoms with Gasteiger partial charge in [-0.3, -0.25) is 4.79 Å². The zero-order chi connectivity index (χ0) is 20.1. The molecule has 0 aliphatic heterocycles. The third-order valence-corrected chi connectivity index (χ3v) is 6.23. The van der Waals surface area contributed by atoms with Gasteiger partial charge in [0.25, 0.3) is 11.8 Å². The summed E-state index contributed by atoms with van der Waals surface area (Å²) in [7, 11) is 0. The second-order valence-corrected chi connectivity index (χ2v) is 8.51. The van der Waals surface area contributed by atoms with Crippen molar-refractivity contribution in [1.29, 1.82) is 0 Å². The second kappa shape index (κ2) is 7.06. The highest BCUT2D eigenvalue weighted by molar-refractivity contribution is 7.14. The molecule has 0 aromatic carbocycles. The molecular weight excluding hydrogens is 408 g/mol. The van der Waals surface area contributed by atoms with Gasteiger partial charge in [-0.2, -0.15) is 5.10 Å². The van der Waals surface area contributed by atoms with E-state index in [1.54, 1.807) is 29.0 Å². The fourth-order valence-electron chi connectivity index (χ4n) is 3.54. The average Bonchev–Trinajstić information content (AvgIpc) is 3.22. The van der Waals surface area contributed by atoms with Gasteiger partial charge in [0.05, 0.1) is 22.4 Å². The van der Waals surface area contributed by atoms with Gasteiger partial charge in [0.2, 0.25) is 0 Å². The van der Waals surface area contributed by atoms with Crippen molar-refractivity contribution in [3.8, 4) is 11.3 Å². The van der Waals surface area contributed by atoms with E-state index in [2.05, 4.69) is 15.4 Å². The van der Waals surface area contributed by atoms with Crippen LogP contribution in [0, 0.1) is 6.92 Å². The Balaban J connectivity index is 1.65. The SMILES string of the molecule is Cc1sc(C(=O)N[C@@H]2[C@H](N)CCCC2(F)F)nc1-c1cnn2cccc(Cl)c12. The highest BCUT2D eigenvalue weighted by atomic mass is 35.5. The van der Waals surface area contributed by atoms with Gasteiger partial charge in [0, 0.05) is 29.1 Å². The lowest BCUT2D eigenvalue weighted by molar-refractivity contribution is -0.0674. The molecule has 0 unspecified atom stereocenters. The highest BCUT2D eigenvalue weighted by Crippen LogP contribution is 2.35. The van der Waals surface area contributed by atoms with E-state index in [0.717, 1.165) is 16.2 Å². The molecule has 6 nitrogen and oxygen atoms in total. The minimum absolute atomic E-state index is 0.104. The zero-order valence-corrected chi connectivity index (χ0v) is 16.5. The van der Waals surface area contributed by atoms with Gasteiger partial charge >= 0.3 is 0 Å². The van der Waals surface area contributed by atoms with Gasteiger partial charge in [-0.05, 0) is 31.9 Å². The van der Waals surface area contributed by atoms with E-state index < -0.39 is 23.9 Å². The Morgan fingerprint density at radius 3 is 3.04 bits per heavy atom. The molecule has 1 aliphatic carbocycles. The van der Waals surface area contributed by atoms with Crippen LogP contribution in [0.5, 0.6) is 0 Å². The number of hydrogen-bond acceptors (Lipinski definition) is 5.